The molecule has 3 N–H and O–H groups in total. The number of rotatable bonds is 7. The van der Waals surface area contributed by atoms with Crippen molar-refractivity contribution in [3.05, 3.63) is 6.20 Å². The van der Waals surface area contributed by atoms with Crippen molar-refractivity contribution in [2.75, 3.05) is 37.8 Å². The van der Waals surface area contributed by atoms with Crippen LogP contribution in [0.5, 0.6) is 0 Å². The zero-order valence-corrected chi connectivity index (χ0v) is 12.6. The summed E-state index contributed by atoms with van der Waals surface area (Å²) in [7, 11) is 3.95. The minimum Gasteiger partial charge on any atom is -0.369 e. The number of anilines is 2. The van der Waals surface area contributed by atoms with Crippen LogP contribution in [0.2, 0.25) is 0 Å². The predicted molar refractivity (Wildman–Crippen MR) is 82.1 cm³/mol. The third-order valence-electron chi connectivity index (χ3n) is 3.39. The topological polar surface area (TPSA) is 81.8 Å². The Kier molecular flexibility index (Phi) is 4.73. The molecule has 0 aromatic carbocycles. The smallest absolute Gasteiger partial charge is 0.226 e. The Hall–Kier alpha value is -1.89. The van der Waals surface area contributed by atoms with Crippen LogP contribution in [0.1, 0.15) is 20.3 Å². The predicted octanol–water partition coefficient (Wildman–Crippen LogP) is 1.54. The molecule has 2 aromatic rings. The van der Waals surface area contributed by atoms with Crippen molar-refractivity contribution < 1.29 is 0 Å². The number of aromatic amines is 1. The molecule has 0 spiro atoms. The molecule has 0 aliphatic carbocycles. The van der Waals surface area contributed by atoms with Gasteiger partial charge in [0.2, 0.25) is 5.95 Å². The molecule has 0 saturated heterocycles. The lowest BCUT2D eigenvalue weighted by Gasteiger charge is -2.20. The molecule has 7 heteroatoms. The molecule has 110 valence electrons. The van der Waals surface area contributed by atoms with Crippen LogP contribution >= 0.6 is 0 Å². The third kappa shape index (κ3) is 3.36. The van der Waals surface area contributed by atoms with E-state index in [4.69, 9.17) is 0 Å². The molecular formula is C13H23N7. The fraction of sp³-hybridized carbons (Fsp3) is 0.615. The van der Waals surface area contributed by atoms with E-state index in [0.29, 0.717) is 12.0 Å². The first-order valence-electron chi connectivity index (χ1n) is 6.94. The van der Waals surface area contributed by atoms with Crippen molar-refractivity contribution in [3.8, 4) is 0 Å². The van der Waals surface area contributed by atoms with Gasteiger partial charge in [-0.25, -0.2) is 0 Å². The van der Waals surface area contributed by atoms with Gasteiger partial charge in [-0.15, -0.1) is 0 Å². The van der Waals surface area contributed by atoms with Crippen LogP contribution in [0.25, 0.3) is 11.0 Å². The second kappa shape index (κ2) is 6.51. The molecule has 0 amide bonds. The molecule has 2 aromatic heterocycles. The molecule has 0 fully saturated rings. The van der Waals surface area contributed by atoms with E-state index in [-0.39, 0.29) is 0 Å². The molecule has 0 radical (unpaired) electrons. The van der Waals surface area contributed by atoms with E-state index in [2.05, 4.69) is 56.6 Å². The number of hydrogen-bond acceptors (Lipinski definition) is 6. The molecule has 0 bridgehead atoms. The van der Waals surface area contributed by atoms with Crippen molar-refractivity contribution in [1.29, 1.82) is 0 Å². The van der Waals surface area contributed by atoms with Crippen LogP contribution in [0.4, 0.5) is 11.8 Å². The van der Waals surface area contributed by atoms with E-state index >= 15 is 0 Å². The maximum Gasteiger partial charge on any atom is 0.226 e. The molecule has 2 heterocycles. The van der Waals surface area contributed by atoms with Crippen molar-refractivity contribution in [1.82, 2.24) is 25.1 Å². The number of nitrogens with zero attached hydrogens (tertiary/aromatic N) is 4. The molecule has 0 unspecified atom stereocenters. The lowest BCUT2D eigenvalue weighted by Crippen LogP contribution is -2.28. The van der Waals surface area contributed by atoms with Crippen LogP contribution in [-0.2, 0) is 0 Å². The Bertz CT molecular complexity index is 549. The van der Waals surface area contributed by atoms with Gasteiger partial charge >= 0.3 is 0 Å². The summed E-state index contributed by atoms with van der Waals surface area (Å²) >= 11 is 0. The molecule has 0 atom stereocenters. The number of hydrogen-bond donors (Lipinski definition) is 3. The quantitative estimate of drug-likeness (QED) is 0.666. The maximum absolute atomic E-state index is 4.44. The summed E-state index contributed by atoms with van der Waals surface area (Å²) < 4.78 is 0. The molecule has 0 saturated carbocycles. The van der Waals surface area contributed by atoms with Gasteiger partial charge in [0.15, 0.2) is 5.65 Å². The average molecular weight is 277 g/mol. The summed E-state index contributed by atoms with van der Waals surface area (Å²) in [4.78, 5) is 11.1. The lowest BCUT2D eigenvalue weighted by molar-refractivity contribution is 0.273. The average Bonchev–Trinajstić information content (AvgIpc) is 2.91. The first-order valence-corrected chi connectivity index (χ1v) is 6.94. The fourth-order valence-electron chi connectivity index (χ4n) is 1.87. The highest BCUT2D eigenvalue weighted by atomic mass is 15.2. The van der Waals surface area contributed by atoms with Crippen LogP contribution in [-0.4, -0.2) is 58.3 Å². The number of fused-ring (bicyclic) bond motifs is 1. The second-order valence-electron chi connectivity index (χ2n) is 5.13. The Morgan fingerprint density at radius 1 is 1.35 bits per heavy atom. The van der Waals surface area contributed by atoms with Gasteiger partial charge in [0.25, 0.3) is 0 Å². The molecular weight excluding hydrogens is 254 g/mol. The van der Waals surface area contributed by atoms with Gasteiger partial charge in [0.05, 0.1) is 11.6 Å². The highest BCUT2D eigenvalue weighted by molar-refractivity contribution is 5.86. The second-order valence-corrected chi connectivity index (χ2v) is 5.13. The van der Waals surface area contributed by atoms with Crippen LogP contribution in [0, 0.1) is 0 Å². The van der Waals surface area contributed by atoms with Gasteiger partial charge < -0.3 is 15.5 Å². The Morgan fingerprint density at radius 3 is 2.85 bits per heavy atom. The molecule has 7 nitrogen and oxygen atoms in total. The number of nitrogens with one attached hydrogen (secondary N) is 3. The summed E-state index contributed by atoms with van der Waals surface area (Å²) in [6.07, 6.45) is 2.81. The molecule has 2 rings (SSSR count). The van der Waals surface area contributed by atoms with E-state index in [1.165, 1.54) is 0 Å². The van der Waals surface area contributed by atoms with Crippen molar-refractivity contribution >= 4 is 22.8 Å². The molecule has 0 aliphatic heterocycles. The van der Waals surface area contributed by atoms with Crippen LogP contribution in [0.3, 0.4) is 0 Å². The molecule has 20 heavy (non-hydrogen) atoms. The standard InChI is InChI=1S/C13H23N7/c1-9(2)20(4)7-5-6-15-11-10-8-16-19-12(10)18-13(14-3)17-11/h8-9H,5-7H2,1-4H3,(H3,14,15,16,17,18,19). The zero-order valence-electron chi connectivity index (χ0n) is 12.6. The van der Waals surface area contributed by atoms with Crippen molar-refractivity contribution in [2.24, 2.45) is 0 Å². The summed E-state index contributed by atoms with van der Waals surface area (Å²) in [5.74, 6) is 1.41. The Labute approximate surface area is 119 Å². The van der Waals surface area contributed by atoms with Gasteiger partial charge in [-0.05, 0) is 33.9 Å². The first-order chi connectivity index (χ1) is 9.61. The minimum atomic E-state index is 0.575. The monoisotopic (exact) mass is 277 g/mol. The normalized spacial score (nSPS) is 11.5. The van der Waals surface area contributed by atoms with Gasteiger partial charge in [0.1, 0.15) is 5.82 Å². The summed E-state index contributed by atoms with van der Waals surface area (Å²) in [6.45, 7) is 6.33. The zero-order chi connectivity index (χ0) is 14.5. The SMILES string of the molecule is CNc1nc(NCCCN(C)C(C)C)c2cn[nH]c2n1. The van der Waals surface area contributed by atoms with E-state index in [1.807, 2.05) is 0 Å². The van der Waals surface area contributed by atoms with E-state index < -0.39 is 0 Å². The van der Waals surface area contributed by atoms with Crippen LogP contribution < -0.4 is 10.6 Å². The largest absolute Gasteiger partial charge is 0.369 e. The summed E-state index contributed by atoms with van der Waals surface area (Å²) in [5.41, 5.74) is 0.742. The number of aromatic nitrogens is 4. The maximum atomic E-state index is 4.44. The molecule has 0 aliphatic rings. The fourth-order valence-corrected chi connectivity index (χ4v) is 1.87. The van der Waals surface area contributed by atoms with Crippen molar-refractivity contribution in [3.63, 3.8) is 0 Å². The van der Waals surface area contributed by atoms with Crippen molar-refractivity contribution in [2.45, 2.75) is 26.3 Å². The summed E-state index contributed by atoms with van der Waals surface area (Å²) in [6, 6.07) is 0.575. The third-order valence-corrected chi connectivity index (χ3v) is 3.39. The highest BCUT2D eigenvalue weighted by Crippen LogP contribution is 2.19. The lowest BCUT2D eigenvalue weighted by atomic mass is 10.3. The van der Waals surface area contributed by atoms with E-state index in [1.54, 1.807) is 13.2 Å². The Morgan fingerprint density at radius 2 is 2.15 bits per heavy atom. The van der Waals surface area contributed by atoms with Gasteiger partial charge in [-0.2, -0.15) is 15.1 Å². The van der Waals surface area contributed by atoms with Gasteiger partial charge in [-0.3, -0.25) is 5.10 Å². The Balaban J connectivity index is 1.97. The van der Waals surface area contributed by atoms with E-state index in [9.17, 15) is 0 Å². The highest BCUT2D eigenvalue weighted by Gasteiger charge is 2.08. The van der Waals surface area contributed by atoms with Gasteiger partial charge in [-0.1, -0.05) is 0 Å². The van der Waals surface area contributed by atoms with E-state index in [0.717, 1.165) is 36.4 Å². The first kappa shape index (κ1) is 14.5. The minimum absolute atomic E-state index is 0.575. The number of H-pyrrole nitrogens is 1. The van der Waals surface area contributed by atoms with Crippen LogP contribution in [0.15, 0.2) is 6.20 Å². The van der Waals surface area contributed by atoms with Gasteiger partial charge in [0, 0.05) is 19.6 Å². The summed E-state index contributed by atoms with van der Waals surface area (Å²) in [5, 5.41) is 14.1.